The summed E-state index contributed by atoms with van der Waals surface area (Å²) in [5.74, 6) is 2.31. The molecule has 2 aromatic rings. The summed E-state index contributed by atoms with van der Waals surface area (Å²) >= 11 is 3.70. The lowest BCUT2D eigenvalue weighted by atomic mass is 10.2. The summed E-state index contributed by atoms with van der Waals surface area (Å²) in [5.41, 5.74) is 0. The fraction of sp³-hybridized carbons (Fsp3) is 0.462. The highest BCUT2D eigenvalue weighted by atomic mass is 32.2. The molecule has 0 saturated heterocycles. The third-order valence-electron chi connectivity index (χ3n) is 2.70. The van der Waals surface area contributed by atoms with Crippen molar-refractivity contribution in [2.45, 2.75) is 19.3 Å². The van der Waals surface area contributed by atoms with E-state index in [0.29, 0.717) is 0 Å². The summed E-state index contributed by atoms with van der Waals surface area (Å²) in [5, 5.41) is 6.81. The Hall–Kier alpha value is -0.740. The zero-order valence-corrected chi connectivity index (χ0v) is 11.7. The molecule has 17 heavy (non-hydrogen) atoms. The van der Waals surface area contributed by atoms with E-state index in [2.05, 4.69) is 34.1 Å². The highest BCUT2D eigenvalue weighted by molar-refractivity contribution is 7.98. The number of nitrogens with one attached hydrogen (secondary N) is 1. The van der Waals surface area contributed by atoms with Crippen molar-refractivity contribution in [3.05, 3.63) is 23.7 Å². The Kier molecular flexibility index (Phi) is 5.13. The SMILES string of the molecule is CSCCCCCNc1nccc2sccc12. The van der Waals surface area contributed by atoms with Crippen LogP contribution in [0.5, 0.6) is 0 Å². The minimum atomic E-state index is 1.02. The van der Waals surface area contributed by atoms with Gasteiger partial charge in [0.25, 0.3) is 0 Å². The fourth-order valence-corrected chi connectivity index (χ4v) is 3.07. The molecule has 0 saturated carbocycles. The first kappa shape index (κ1) is 12.7. The first-order valence-corrected chi connectivity index (χ1v) is 8.24. The third kappa shape index (κ3) is 3.61. The number of thiophene rings is 1. The van der Waals surface area contributed by atoms with Gasteiger partial charge in [0, 0.05) is 22.8 Å². The van der Waals surface area contributed by atoms with Crippen molar-refractivity contribution in [3.63, 3.8) is 0 Å². The third-order valence-corrected chi connectivity index (χ3v) is 4.28. The molecule has 0 amide bonds. The fourth-order valence-electron chi connectivity index (χ4n) is 1.79. The van der Waals surface area contributed by atoms with Crippen LogP contribution in [0.2, 0.25) is 0 Å². The highest BCUT2D eigenvalue weighted by Gasteiger charge is 2.01. The number of hydrogen-bond acceptors (Lipinski definition) is 4. The van der Waals surface area contributed by atoms with E-state index in [9.17, 15) is 0 Å². The van der Waals surface area contributed by atoms with E-state index in [-0.39, 0.29) is 0 Å². The van der Waals surface area contributed by atoms with Gasteiger partial charge in [-0.15, -0.1) is 11.3 Å². The zero-order chi connectivity index (χ0) is 11.9. The summed E-state index contributed by atoms with van der Waals surface area (Å²) in [7, 11) is 0. The molecule has 0 atom stereocenters. The van der Waals surface area contributed by atoms with Gasteiger partial charge < -0.3 is 5.32 Å². The number of unbranched alkanes of at least 4 members (excludes halogenated alkanes) is 2. The molecule has 2 aromatic heterocycles. The number of fused-ring (bicyclic) bond motifs is 1. The van der Waals surface area contributed by atoms with Gasteiger partial charge in [-0.1, -0.05) is 6.42 Å². The summed E-state index contributed by atoms with van der Waals surface area (Å²) < 4.78 is 1.31. The second kappa shape index (κ2) is 6.87. The molecule has 0 aliphatic heterocycles. The van der Waals surface area contributed by atoms with Gasteiger partial charge in [-0.25, -0.2) is 4.98 Å². The van der Waals surface area contributed by atoms with Crippen LogP contribution in [-0.4, -0.2) is 23.5 Å². The van der Waals surface area contributed by atoms with Gasteiger partial charge in [0.1, 0.15) is 5.82 Å². The Balaban J connectivity index is 1.80. The van der Waals surface area contributed by atoms with Crippen molar-refractivity contribution < 1.29 is 0 Å². The van der Waals surface area contributed by atoms with Gasteiger partial charge in [-0.05, 0) is 42.4 Å². The van der Waals surface area contributed by atoms with Crippen LogP contribution in [0.4, 0.5) is 5.82 Å². The zero-order valence-electron chi connectivity index (χ0n) is 10.1. The predicted octanol–water partition coefficient (Wildman–Crippen LogP) is 4.24. The average Bonchev–Trinajstić information content (AvgIpc) is 2.82. The first-order chi connectivity index (χ1) is 8.42. The van der Waals surface area contributed by atoms with E-state index in [1.165, 1.54) is 35.1 Å². The van der Waals surface area contributed by atoms with E-state index >= 15 is 0 Å². The Morgan fingerprint density at radius 1 is 1.29 bits per heavy atom. The van der Waals surface area contributed by atoms with Crippen LogP contribution in [0.25, 0.3) is 10.1 Å². The maximum absolute atomic E-state index is 4.40. The average molecular weight is 266 g/mol. The smallest absolute Gasteiger partial charge is 0.134 e. The van der Waals surface area contributed by atoms with Crippen LogP contribution >= 0.6 is 23.1 Å². The van der Waals surface area contributed by atoms with E-state index in [0.717, 1.165) is 12.4 Å². The molecule has 0 aliphatic rings. The molecule has 2 rings (SSSR count). The lowest BCUT2D eigenvalue weighted by Gasteiger charge is -2.06. The molecule has 2 nitrogen and oxygen atoms in total. The number of pyridine rings is 1. The molecular formula is C13H18N2S2. The molecule has 0 aromatic carbocycles. The van der Waals surface area contributed by atoms with Crippen molar-refractivity contribution >= 4 is 39.0 Å². The second-order valence-electron chi connectivity index (χ2n) is 3.97. The molecule has 92 valence electrons. The molecular weight excluding hydrogens is 248 g/mol. The molecule has 0 fully saturated rings. The lowest BCUT2D eigenvalue weighted by Crippen LogP contribution is -2.03. The Morgan fingerprint density at radius 3 is 3.12 bits per heavy atom. The topological polar surface area (TPSA) is 24.9 Å². The van der Waals surface area contributed by atoms with Crippen molar-refractivity contribution in [2.75, 3.05) is 23.9 Å². The number of thioether (sulfide) groups is 1. The molecule has 0 bridgehead atoms. The normalized spacial score (nSPS) is 10.9. The predicted molar refractivity (Wildman–Crippen MR) is 80.3 cm³/mol. The molecule has 2 heterocycles. The summed E-state index contributed by atoms with van der Waals surface area (Å²) in [4.78, 5) is 4.40. The van der Waals surface area contributed by atoms with Gasteiger partial charge >= 0.3 is 0 Å². The molecule has 1 N–H and O–H groups in total. The van der Waals surface area contributed by atoms with Gasteiger partial charge in [-0.2, -0.15) is 11.8 Å². The van der Waals surface area contributed by atoms with Gasteiger partial charge in [0.15, 0.2) is 0 Å². The maximum Gasteiger partial charge on any atom is 0.134 e. The van der Waals surface area contributed by atoms with Crippen molar-refractivity contribution in [2.24, 2.45) is 0 Å². The van der Waals surface area contributed by atoms with E-state index in [1.807, 2.05) is 18.0 Å². The van der Waals surface area contributed by atoms with Crippen molar-refractivity contribution in [3.8, 4) is 0 Å². The number of nitrogens with zero attached hydrogens (tertiary/aromatic N) is 1. The molecule has 0 spiro atoms. The van der Waals surface area contributed by atoms with Crippen LogP contribution in [0.3, 0.4) is 0 Å². The minimum Gasteiger partial charge on any atom is -0.370 e. The molecule has 4 heteroatoms. The van der Waals surface area contributed by atoms with E-state index < -0.39 is 0 Å². The summed E-state index contributed by atoms with van der Waals surface area (Å²) in [6.07, 6.45) is 7.89. The monoisotopic (exact) mass is 266 g/mol. The first-order valence-electron chi connectivity index (χ1n) is 5.97. The van der Waals surface area contributed by atoms with Crippen molar-refractivity contribution in [1.82, 2.24) is 4.98 Å². The minimum absolute atomic E-state index is 1.02. The highest BCUT2D eigenvalue weighted by Crippen LogP contribution is 2.25. The molecule has 0 unspecified atom stereocenters. The van der Waals surface area contributed by atoms with Gasteiger partial charge in [0.05, 0.1) is 0 Å². The van der Waals surface area contributed by atoms with E-state index in [4.69, 9.17) is 0 Å². The maximum atomic E-state index is 4.40. The van der Waals surface area contributed by atoms with Crippen LogP contribution in [0.15, 0.2) is 23.7 Å². The van der Waals surface area contributed by atoms with E-state index in [1.54, 1.807) is 11.3 Å². The Bertz CT molecular complexity index is 453. The van der Waals surface area contributed by atoms with Crippen LogP contribution in [-0.2, 0) is 0 Å². The Morgan fingerprint density at radius 2 is 2.24 bits per heavy atom. The number of aromatic nitrogens is 1. The summed E-state index contributed by atoms with van der Waals surface area (Å²) in [6, 6.07) is 4.21. The standard InChI is InChI=1S/C13H18N2S2/c1-16-9-4-2-3-7-14-13-11-6-10-17-12(11)5-8-15-13/h5-6,8,10H,2-4,7,9H2,1H3,(H,14,15). The van der Waals surface area contributed by atoms with Crippen LogP contribution in [0, 0.1) is 0 Å². The lowest BCUT2D eigenvalue weighted by molar-refractivity contribution is 0.749. The largest absolute Gasteiger partial charge is 0.370 e. The number of anilines is 1. The second-order valence-corrected chi connectivity index (χ2v) is 5.91. The Labute approximate surface area is 111 Å². The van der Waals surface area contributed by atoms with Crippen LogP contribution in [0.1, 0.15) is 19.3 Å². The van der Waals surface area contributed by atoms with Crippen LogP contribution < -0.4 is 5.32 Å². The molecule has 0 radical (unpaired) electrons. The summed E-state index contributed by atoms with van der Waals surface area (Å²) in [6.45, 7) is 1.02. The van der Waals surface area contributed by atoms with Gasteiger partial charge in [0.2, 0.25) is 0 Å². The van der Waals surface area contributed by atoms with Crippen molar-refractivity contribution in [1.29, 1.82) is 0 Å². The molecule has 0 aliphatic carbocycles. The number of hydrogen-bond donors (Lipinski definition) is 1. The number of rotatable bonds is 7. The quantitative estimate of drug-likeness (QED) is 0.759. The van der Waals surface area contributed by atoms with Gasteiger partial charge in [-0.3, -0.25) is 0 Å².